The summed E-state index contributed by atoms with van der Waals surface area (Å²) in [6.07, 6.45) is 1.05. The third-order valence-electron chi connectivity index (χ3n) is 3.82. The van der Waals surface area contributed by atoms with Gasteiger partial charge in [-0.05, 0) is 25.2 Å². The highest BCUT2D eigenvalue weighted by atomic mass is 16.2. The highest BCUT2D eigenvalue weighted by molar-refractivity contribution is 5.97. The predicted octanol–water partition coefficient (Wildman–Crippen LogP) is 1.42. The first-order valence-electron chi connectivity index (χ1n) is 6.10. The Morgan fingerprint density at radius 3 is 2.71 bits per heavy atom. The molecular formula is C12H20N4O. The molecule has 2 unspecified atom stereocenters. The van der Waals surface area contributed by atoms with Crippen LogP contribution in [0.2, 0.25) is 0 Å². The number of amides is 1. The molecule has 0 aromatic carbocycles. The zero-order chi connectivity index (χ0) is 12.6. The number of carbonyl (C=O) groups excluding carboxylic acids is 1. The summed E-state index contributed by atoms with van der Waals surface area (Å²) in [4.78, 5) is 14.1. The van der Waals surface area contributed by atoms with Crippen LogP contribution in [0.15, 0.2) is 0 Å². The Kier molecular flexibility index (Phi) is 3.09. The van der Waals surface area contributed by atoms with E-state index in [2.05, 4.69) is 24.0 Å². The van der Waals surface area contributed by atoms with E-state index >= 15 is 0 Å². The van der Waals surface area contributed by atoms with Crippen molar-refractivity contribution in [2.24, 2.45) is 11.8 Å². The van der Waals surface area contributed by atoms with Crippen LogP contribution in [0.5, 0.6) is 0 Å². The van der Waals surface area contributed by atoms with Crippen LogP contribution in [0, 0.1) is 18.8 Å². The second-order valence-electron chi connectivity index (χ2n) is 5.11. The number of anilines is 1. The summed E-state index contributed by atoms with van der Waals surface area (Å²) in [5, 5.41) is 6.75. The quantitative estimate of drug-likeness (QED) is 0.774. The molecule has 94 valence electrons. The van der Waals surface area contributed by atoms with Gasteiger partial charge >= 0.3 is 0 Å². The van der Waals surface area contributed by atoms with E-state index in [4.69, 9.17) is 5.73 Å². The summed E-state index contributed by atoms with van der Waals surface area (Å²) in [5.41, 5.74) is 7.43. The first-order chi connectivity index (χ1) is 8.00. The van der Waals surface area contributed by atoms with Crippen molar-refractivity contribution in [3.05, 3.63) is 11.4 Å². The summed E-state index contributed by atoms with van der Waals surface area (Å²) in [5.74, 6) is 1.16. The average molecular weight is 236 g/mol. The second kappa shape index (κ2) is 4.39. The number of hydrogen-bond donors (Lipinski definition) is 2. The lowest BCUT2D eigenvalue weighted by atomic mass is 9.88. The molecule has 1 fully saturated rings. The van der Waals surface area contributed by atoms with Crippen LogP contribution in [0.4, 0.5) is 5.69 Å². The van der Waals surface area contributed by atoms with Crippen LogP contribution in [-0.4, -0.2) is 34.1 Å². The number of rotatable bonds is 1. The van der Waals surface area contributed by atoms with E-state index in [1.165, 1.54) is 0 Å². The second-order valence-corrected chi connectivity index (χ2v) is 5.11. The van der Waals surface area contributed by atoms with Crippen molar-refractivity contribution in [3.8, 4) is 0 Å². The first-order valence-corrected chi connectivity index (χ1v) is 6.10. The Bertz CT molecular complexity index is 426. The van der Waals surface area contributed by atoms with E-state index in [0.29, 0.717) is 23.2 Å². The van der Waals surface area contributed by atoms with Gasteiger partial charge in [-0.15, -0.1) is 0 Å². The summed E-state index contributed by atoms with van der Waals surface area (Å²) in [6.45, 7) is 7.84. The van der Waals surface area contributed by atoms with E-state index in [1.807, 2.05) is 11.8 Å². The molecule has 0 saturated carbocycles. The molecule has 1 aromatic heterocycles. The zero-order valence-corrected chi connectivity index (χ0v) is 10.7. The number of H-pyrrole nitrogens is 1. The molecule has 0 bridgehead atoms. The number of hydrogen-bond acceptors (Lipinski definition) is 3. The maximum Gasteiger partial charge on any atom is 0.276 e. The minimum absolute atomic E-state index is 0.0504. The molecule has 2 rings (SSSR count). The Morgan fingerprint density at radius 1 is 1.47 bits per heavy atom. The number of nitrogen functional groups attached to an aromatic ring is 1. The van der Waals surface area contributed by atoms with Gasteiger partial charge in [0.1, 0.15) is 0 Å². The molecule has 1 saturated heterocycles. The summed E-state index contributed by atoms with van der Waals surface area (Å²) >= 11 is 0. The van der Waals surface area contributed by atoms with Gasteiger partial charge in [-0.2, -0.15) is 5.10 Å². The zero-order valence-electron chi connectivity index (χ0n) is 10.7. The number of likely N-dealkylation sites (tertiary alicyclic amines) is 1. The van der Waals surface area contributed by atoms with E-state index < -0.39 is 0 Å². The van der Waals surface area contributed by atoms with Gasteiger partial charge in [0, 0.05) is 13.1 Å². The maximum absolute atomic E-state index is 12.2. The van der Waals surface area contributed by atoms with Crippen molar-refractivity contribution < 1.29 is 4.79 Å². The van der Waals surface area contributed by atoms with Crippen LogP contribution >= 0.6 is 0 Å². The fourth-order valence-electron chi connectivity index (χ4n) is 2.20. The number of nitrogens with one attached hydrogen (secondary N) is 1. The number of nitrogens with zero attached hydrogens (tertiary/aromatic N) is 2. The molecule has 1 aromatic rings. The minimum Gasteiger partial charge on any atom is -0.395 e. The van der Waals surface area contributed by atoms with E-state index in [1.54, 1.807) is 0 Å². The van der Waals surface area contributed by atoms with Crippen LogP contribution < -0.4 is 5.73 Å². The number of aromatic nitrogens is 2. The van der Waals surface area contributed by atoms with Gasteiger partial charge in [-0.1, -0.05) is 13.8 Å². The standard InChI is InChI=1S/C12H20N4O/c1-7-4-5-16(6-8(7)2)12(17)11-10(13)9(3)14-15-11/h7-8H,4-6,13H2,1-3H3,(H,14,15). The predicted molar refractivity (Wildman–Crippen MR) is 66.6 cm³/mol. The third kappa shape index (κ3) is 2.14. The lowest BCUT2D eigenvalue weighted by Gasteiger charge is -2.34. The van der Waals surface area contributed by atoms with Gasteiger partial charge in [0.2, 0.25) is 0 Å². The van der Waals surface area contributed by atoms with Gasteiger partial charge in [0.25, 0.3) is 5.91 Å². The smallest absolute Gasteiger partial charge is 0.276 e. The average Bonchev–Trinajstić information content (AvgIpc) is 2.63. The van der Waals surface area contributed by atoms with Crippen molar-refractivity contribution in [2.75, 3.05) is 18.8 Å². The fraction of sp³-hybridized carbons (Fsp3) is 0.667. The van der Waals surface area contributed by atoms with Crippen molar-refractivity contribution in [1.82, 2.24) is 15.1 Å². The van der Waals surface area contributed by atoms with Gasteiger partial charge < -0.3 is 10.6 Å². The van der Waals surface area contributed by atoms with Crippen LogP contribution in [-0.2, 0) is 0 Å². The number of nitrogens with two attached hydrogens (primary N) is 1. The highest BCUT2D eigenvalue weighted by Crippen LogP contribution is 2.24. The molecule has 0 radical (unpaired) electrons. The van der Waals surface area contributed by atoms with Crippen LogP contribution in [0.3, 0.4) is 0 Å². The lowest BCUT2D eigenvalue weighted by molar-refractivity contribution is 0.0622. The minimum atomic E-state index is -0.0504. The Balaban J connectivity index is 2.13. The molecule has 17 heavy (non-hydrogen) atoms. The number of aryl methyl sites for hydroxylation is 1. The number of piperidine rings is 1. The molecule has 1 aliphatic rings. The normalized spacial score (nSPS) is 25.0. The van der Waals surface area contributed by atoms with Crippen molar-refractivity contribution in [2.45, 2.75) is 27.2 Å². The summed E-state index contributed by atoms with van der Waals surface area (Å²) < 4.78 is 0. The topological polar surface area (TPSA) is 75.0 Å². The lowest BCUT2D eigenvalue weighted by Crippen LogP contribution is -2.42. The Hall–Kier alpha value is -1.52. The van der Waals surface area contributed by atoms with Crippen molar-refractivity contribution in [3.63, 3.8) is 0 Å². The molecule has 2 atom stereocenters. The van der Waals surface area contributed by atoms with Gasteiger partial charge in [0.15, 0.2) is 5.69 Å². The molecule has 3 N–H and O–H groups in total. The molecular weight excluding hydrogens is 216 g/mol. The van der Waals surface area contributed by atoms with E-state index in [0.717, 1.165) is 25.2 Å². The van der Waals surface area contributed by atoms with Crippen molar-refractivity contribution in [1.29, 1.82) is 0 Å². The van der Waals surface area contributed by atoms with E-state index in [-0.39, 0.29) is 5.91 Å². The fourth-order valence-corrected chi connectivity index (χ4v) is 2.20. The summed E-state index contributed by atoms with van der Waals surface area (Å²) in [6, 6.07) is 0. The Labute approximate surface area is 101 Å². The monoisotopic (exact) mass is 236 g/mol. The molecule has 0 spiro atoms. The van der Waals surface area contributed by atoms with Crippen LogP contribution in [0.1, 0.15) is 36.5 Å². The number of carbonyl (C=O) groups is 1. The van der Waals surface area contributed by atoms with Crippen LogP contribution in [0.25, 0.3) is 0 Å². The largest absolute Gasteiger partial charge is 0.395 e. The molecule has 2 heterocycles. The maximum atomic E-state index is 12.2. The summed E-state index contributed by atoms with van der Waals surface area (Å²) in [7, 11) is 0. The Morgan fingerprint density at radius 2 is 2.18 bits per heavy atom. The number of aromatic amines is 1. The molecule has 5 nitrogen and oxygen atoms in total. The third-order valence-corrected chi connectivity index (χ3v) is 3.82. The van der Waals surface area contributed by atoms with Gasteiger partial charge in [0.05, 0.1) is 11.4 Å². The SMILES string of the molecule is Cc1[nH]nc(C(=O)N2CCC(C)C(C)C2)c1N. The first kappa shape index (κ1) is 12.0. The van der Waals surface area contributed by atoms with E-state index in [9.17, 15) is 4.79 Å². The van der Waals surface area contributed by atoms with Crippen molar-refractivity contribution >= 4 is 11.6 Å². The molecule has 1 aliphatic heterocycles. The van der Waals surface area contributed by atoms with Gasteiger partial charge in [-0.25, -0.2) is 0 Å². The van der Waals surface area contributed by atoms with Gasteiger partial charge in [-0.3, -0.25) is 9.89 Å². The molecule has 0 aliphatic carbocycles. The molecule has 1 amide bonds. The highest BCUT2D eigenvalue weighted by Gasteiger charge is 2.28. The molecule has 5 heteroatoms.